The number of halogens is 2. The van der Waals surface area contributed by atoms with Crippen molar-refractivity contribution in [1.82, 2.24) is 19.2 Å². The summed E-state index contributed by atoms with van der Waals surface area (Å²) in [6.45, 7) is 4.25. The van der Waals surface area contributed by atoms with E-state index in [9.17, 15) is 9.18 Å². The molecule has 39 heavy (non-hydrogen) atoms. The lowest BCUT2D eigenvalue weighted by Gasteiger charge is -2.31. The maximum absolute atomic E-state index is 14.1. The van der Waals surface area contributed by atoms with Gasteiger partial charge in [-0.2, -0.15) is 5.10 Å². The van der Waals surface area contributed by atoms with Gasteiger partial charge in [-0.25, -0.2) is 13.9 Å². The Labute approximate surface area is 231 Å². The lowest BCUT2D eigenvalue weighted by Crippen LogP contribution is -2.38. The molecule has 0 spiro atoms. The molecule has 6 nitrogen and oxygen atoms in total. The fourth-order valence-corrected chi connectivity index (χ4v) is 5.45. The summed E-state index contributed by atoms with van der Waals surface area (Å²) >= 11 is 6.35. The van der Waals surface area contributed by atoms with Crippen LogP contribution in [-0.2, 0) is 13.0 Å². The Bertz CT molecular complexity index is 1660. The van der Waals surface area contributed by atoms with Gasteiger partial charge < -0.3 is 14.8 Å². The summed E-state index contributed by atoms with van der Waals surface area (Å²) in [5.74, 6) is 0.559. The first-order valence-corrected chi connectivity index (χ1v) is 13.3. The number of rotatable bonds is 4. The van der Waals surface area contributed by atoms with Gasteiger partial charge in [0.25, 0.3) is 0 Å². The molecule has 8 heteroatoms. The molecule has 1 aliphatic rings. The molecule has 1 atom stereocenters. The molecule has 0 aliphatic carbocycles. The van der Waals surface area contributed by atoms with Crippen LogP contribution < -0.4 is 5.32 Å². The number of fused-ring (bicyclic) bond motifs is 3. The largest absolute Gasteiger partial charge is 0.322 e. The highest BCUT2D eigenvalue weighted by molar-refractivity contribution is 6.31. The molecule has 2 amide bonds. The SMILES string of the molecule is CCc1nn(-c2ccccc2)c2c1CN(C(=O)Nc1cccc(Cl)c1C)[C@@H](c1ccc(F)cc1)c1cccn1-2. The molecule has 0 unspecified atom stereocenters. The van der Waals surface area contributed by atoms with Crippen molar-refractivity contribution < 1.29 is 9.18 Å². The summed E-state index contributed by atoms with van der Waals surface area (Å²) in [7, 11) is 0. The second kappa shape index (κ2) is 10.1. The van der Waals surface area contributed by atoms with Gasteiger partial charge in [-0.3, -0.25) is 0 Å². The number of anilines is 1. The minimum absolute atomic E-state index is 0.287. The Balaban J connectivity index is 1.55. The quantitative estimate of drug-likeness (QED) is 0.258. The van der Waals surface area contributed by atoms with Crippen molar-refractivity contribution in [2.45, 2.75) is 32.9 Å². The minimum atomic E-state index is -0.485. The van der Waals surface area contributed by atoms with Crippen LogP contribution in [0.1, 0.15) is 41.0 Å². The number of carbonyl (C=O) groups is 1. The lowest BCUT2D eigenvalue weighted by molar-refractivity contribution is 0.194. The van der Waals surface area contributed by atoms with Crippen molar-refractivity contribution >= 4 is 23.3 Å². The van der Waals surface area contributed by atoms with Crippen LogP contribution >= 0.6 is 11.6 Å². The third-order valence-corrected chi connectivity index (χ3v) is 7.67. The standard InChI is InChI=1S/C31H27ClFN5O/c1-3-26-24-19-37(31(39)34-27-12-7-11-25(32)20(27)2)29(21-14-16-22(33)17-15-21)28-13-8-18-36(28)30(24)38(35-26)23-9-5-4-6-10-23/h4-18,29H,3,19H2,1-2H3,(H,34,39)/t29-/m0/s1. The number of nitrogens with zero attached hydrogens (tertiary/aromatic N) is 4. The molecule has 5 aromatic rings. The fraction of sp³-hybridized carbons (Fsp3) is 0.161. The van der Waals surface area contributed by atoms with Crippen LogP contribution in [-0.4, -0.2) is 25.3 Å². The molecule has 0 radical (unpaired) electrons. The van der Waals surface area contributed by atoms with Crippen molar-refractivity contribution in [1.29, 1.82) is 0 Å². The minimum Gasteiger partial charge on any atom is -0.307 e. The van der Waals surface area contributed by atoms with E-state index in [-0.39, 0.29) is 11.8 Å². The van der Waals surface area contributed by atoms with E-state index in [0.29, 0.717) is 23.7 Å². The number of benzene rings is 3. The summed E-state index contributed by atoms with van der Waals surface area (Å²) in [5, 5.41) is 8.64. The van der Waals surface area contributed by atoms with Crippen LogP contribution in [0.3, 0.4) is 0 Å². The van der Waals surface area contributed by atoms with Crippen LogP contribution in [0.15, 0.2) is 91.1 Å². The Kier molecular flexibility index (Phi) is 6.45. The van der Waals surface area contributed by atoms with Crippen LogP contribution in [0.5, 0.6) is 0 Å². The average Bonchev–Trinajstić information content (AvgIpc) is 3.53. The van der Waals surface area contributed by atoms with Crippen molar-refractivity contribution in [2.75, 3.05) is 5.32 Å². The number of hydrogen-bond acceptors (Lipinski definition) is 2. The van der Waals surface area contributed by atoms with Crippen molar-refractivity contribution in [3.8, 4) is 11.5 Å². The maximum Gasteiger partial charge on any atom is 0.322 e. The van der Waals surface area contributed by atoms with Crippen molar-refractivity contribution in [2.24, 2.45) is 0 Å². The third kappa shape index (κ3) is 4.38. The highest BCUT2D eigenvalue weighted by atomic mass is 35.5. The number of urea groups is 1. The normalized spacial score (nSPS) is 14.5. The molecule has 3 heterocycles. The van der Waals surface area contributed by atoms with Gasteiger partial charge in [-0.15, -0.1) is 0 Å². The van der Waals surface area contributed by atoms with E-state index in [1.807, 2.05) is 72.4 Å². The predicted molar refractivity (Wildman–Crippen MR) is 151 cm³/mol. The van der Waals surface area contributed by atoms with E-state index in [1.54, 1.807) is 23.1 Å². The van der Waals surface area contributed by atoms with Gasteiger partial charge in [0.2, 0.25) is 0 Å². The second-order valence-corrected chi connectivity index (χ2v) is 9.98. The second-order valence-electron chi connectivity index (χ2n) is 9.58. The van der Waals surface area contributed by atoms with Crippen LogP contribution in [0.2, 0.25) is 5.02 Å². The summed E-state index contributed by atoms with van der Waals surface area (Å²) in [6.07, 6.45) is 2.69. The van der Waals surface area contributed by atoms with Crippen LogP contribution in [0, 0.1) is 12.7 Å². The molecule has 0 saturated heterocycles. The van der Waals surface area contributed by atoms with Gasteiger partial charge in [-0.1, -0.05) is 54.9 Å². The average molecular weight is 540 g/mol. The van der Waals surface area contributed by atoms with E-state index < -0.39 is 6.04 Å². The first kappa shape index (κ1) is 24.9. The predicted octanol–water partition coefficient (Wildman–Crippen LogP) is 7.46. The molecule has 0 fully saturated rings. The Morgan fingerprint density at radius 2 is 1.79 bits per heavy atom. The number of amides is 2. The first-order chi connectivity index (χ1) is 19.0. The molecular formula is C31H27ClFN5O. The van der Waals surface area contributed by atoms with Gasteiger partial charge >= 0.3 is 6.03 Å². The lowest BCUT2D eigenvalue weighted by atomic mass is 10.0. The summed E-state index contributed by atoms with van der Waals surface area (Å²) in [5.41, 5.74) is 5.90. The van der Waals surface area contributed by atoms with Crippen LogP contribution in [0.25, 0.3) is 11.5 Å². The van der Waals surface area contributed by atoms with Gasteiger partial charge in [0.1, 0.15) is 11.6 Å². The number of carbonyl (C=O) groups excluding carboxylic acids is 1. The third-order valence-electron chi connectivity index (χ3n) is 7.26. The molecule has 0 bridgehead atoms. The zero-order valence-corrected chi connectivity index (χ0v) is 22.4. The maximum atomic E-state index is 14.1. The molecule has 196 valence electrons. The number of nitrogens with one attached hydrogen (secondary N) is 1. The van der Waals surface area contributed by atoms with Crippen molar-refractivity contribution in [3.05, 3.63) is 130 Å². The number of para-hydroxylation sites is 1. The van der Waals surface area contributed by atoms with E-state index in [1.165, 1.54) is 12.1 Å². The highest BCUT2D eigenvalue weighted by Crippen LogP contribution is 2.39. The number of aromatic nitrogens is 3. The first-order valence-electron chi connectivity index (χ1n) is 12.9. The topological polar surface area (TPSA) is 55.1 Å². The molecule has 3 aromatic carbocycles. The Morgan fingerprint density at radius 1 is 1.03 bits per heavy atom. The number of hydrogen-bond donors (Lipinski definition) is 1. The molecule has 1 aliphatic heterocycles. The summed E-state index contributed by atoms with van der Waals surface area (Å²) < 4.78 is 18.0. The Hall–Kier alpha value is -4.36. The zero-order valence-electron chi connectivity index (χ0n) is 21.6. The monoisotopic (exact) mass is 539 g/mol. The van der Waals surface area contributed by atoms with Crippen molar-refractivity contribution in [3.63, 3.8) is 0 Å². The van der Waals surface area contributed by atoms with Crippen LogP contribution in [0.4, 0.5) is 14.9 Å². The highest BCUT2D eigenvalue weighted by Gasteiger charge is 2.36. The van der Waals surface area contributed by atoms with E-state index in [4.69, 9.17) is 16.7 Å². The van der Waals surface area contributed by atoms with Gasteiger partial charge in [0.05, 0.1) is 29.7 Å². The zero-order chi connectivity index (χ0) is 27.1. The fourth-order valence-electron chi connectivity index (χ4n) is 5.27. The van der Waals surface area contributed by atoms with E-state index in [0.717, 1.165) is 39.6 Å². The molecule has 1 N–H and O–H groups in total. The van der Waals surface area contributed by atoms with Gasteiger partial charge in [-0.05, 0) is 73.0 Å². The summed E-state index contributed by atoms with van der Waals surface area (Å²) in [6, 6.07) is 25.0. The van der Waals surface area contributed by atoms with E-state index >= 15 is 0 Å². The number of aryl methyl sites for hydroxylation is 1. The van der Waals surface area contributed by atoms with Gasteiger partial charge in [0, 0.05) is 22.5 Å². The summed E-state index contributed by atoms with van der Waals surface area (Å²) in [4.78, 5) is 15.9. The molecular weight excluding hydrogens is 513 g/mol. The van der Waals surface area contributed by atoms with Gasteiger partial charge in [0.15, 0.2) is 0 Å². The molecule has 2 aromatic heterocycles. The van der Waals surface area contributed by atoms with E-state index in [2.05, 4.69) is 16.8 Å². The smallest absolute Gasteiger partial charge is 0.307 e. The Morgan fingerprint density at radius 3 is 2.54 bits per heavy atom. The molecule has 0 saturated carbocycles. The molecule has 6 rings (SSSR count).